The summed E-state index contributed by atoms with van der Waals surface area (Å²) in [5, 5.41) is 0. The van der Waals surface area contributed by atoms with Gasteiger partial charge in [0.05, 0.1) is 7.11 Å². The van der Waals surface area contributed by atoms with Gasteiger partial charge in [-0.3, -0.25) is 0 Å². The van der Waals surface area contributed by atoms with Gasteiger partial charge in [0, 0.05) is 25.4 Å². The second-order valence-corrected chi connectivity index (χ2v) is 7.44. The molecule has 1 saturated heterocycles. The molecule has 3 rings (SSSR count). The first kappa shape index (κ1) is 17.6. The smallest absolute Gasteiger partial charge is 0.319 e. The maximum atomic E-state index is 13.8. The normalized spacial score (nSPS) is 16.6. The fraction of sp³-hybridized carbons (Fsp3) is 0.375. The van der Waals surface area contributed by atoms with Gasteiger partial charge in [-0.05, 0) is 25.0 Å². The van der Waals surface area contributed by atoms with Gasteiger partial charge in [-0.25, -0.2) is 17.8 Å². The summed E-state index contributed by atoms with van der Waals surface area (Å²) in [4.78, 5) is 7.68. The molecule has 1 fully saturated rings. The molecule has 9 heteroatoms. The number of hydrogen-bond acceptors (Lipinski definition) is 6. The fourth-order valence-electron chi connectivity index (χ4n) is 2.64. The molecular weight excluding hydrogens is 349 g/mol. The Morgan fingerprint density at radius 2 is 1.92 bits per heavy atom. The number of ether oxygens (including phenoxy) is 2. The highest BCUT2D eigenvalue weighted by atomic mass is 32.2. The summed E-state index contributed by atoms with van der Waals surface area (Å²) in [5.74, 6) is -0.365. The molecule has 25 heavy (non-hydrogen) atoms. The van der Waals surface area contributed by atoms with Gasteiger partial charge >= 0.3 is 6.01 Å². The average Bonchev–Trinajstić information content (AvgIpc) is 2.62. The lowest BCUT2D eigenvalue weighted by atomic mass is 10.1. The van der Waals surface area contributed by atoms with E-state index in [1.807, 2.05) is 0 Å². The Morgan fingerprint density at radius 1 is 1.20 bits per heavy atom. The van der Waals surface area contributed by atoms with Gasteiger partial charge in [0.15, 0.2) is 0 Å². The lowest BCUT2D eigenvalue weighted by Crippen LogP contribution is -2.42. The van der Waals surface area contributed by atoms with E-state index in [0.29, 0.717) is 18.7 Å². The molecule has 2 aromatic rings. The molecule has 0 N–H and O–H groups in total. The summed E-state index contributed by atoms with van der Waals surface area (Å²) in [6.45, 7) is 0.507. The highest BCUT2D eigenvalue weighted by Crippen LogP contribution is 2.24. The molecule has 0 aliphatic carbocycles. The molecule has 0 spiro atoms. The van der Waals surface area contributed by atoms with Crippen LogP contribution in [0.2, 0.25) is 0 Å². The van der Waals surface area contributed by atoms with Crippen molar-refractivity contribution >= 4 is 10.0 Å². The van der Waals surface area contributed by atoms with Crippen LogP contribution in [0.4, 0.5) is 4.39 Å². The average molecular weight is 367 g/mol. The van der Waals surface area contributed by atoms with Crippen LogP contribution < -0.4 is 9.47 Å². The first-order chi connectivity index (χ1) is 12.0. The summed E-state index contributed by atoms with van der Waals surface area (Å²) in [7, 11) is -2.38. The lowest BCUT2D eigenvalue weighted by Gasteiger charge is -2.31. The molecule has 1 aromatic heterocycles. The Balaban J connectivity index is 1.64. The number of methoxy groups -OCH3 is 1. The number of nitrogens with zero attached hydrogens (tertiary/aromatic N) is 3. The Labute approximate surface area is 145 Å². The summed E-state index contributed by atoms with van der Waals surface area (Å²) in [6, 6.07) is 7.21. The molecule has 0 amide bonds. The molecule has 1 aromatic carbocycles. The number of rotatable bonds is 5. The van der Waals surface area contributed by atoms with Gasteiger partial charge in [0.25, 0.3) is 0 Å². The van der Waals surface area contributed by atoms with Crippen molar-refractivity contribution in [2.75, 3.05) is 20.2 Å². The molecule has 0 atom stereocenters. The SMILES string of the molecule is COc1nccc(OC2CCN(S(=O)(=O)c3ccccc3F)CC2)n1. The van der Waals surface area contributed by atoms with Gasteiger partial charge in [-0.15, -0.1) is 0 Å². The van der Waals surface area contributed by atoms with Crippen molar-refractivity contribution in [3.63, 3.8) is 0 Å². The standard InChI is InChI=1S/C16H18FN3O4S/c1-23-16-18-9-6-15(19-16)24-12-7-10-20(11-8-12)25(21,22)14-5-3-2-4-13(14)17/h2-6,9,12H,7-8,10-11H2,1H3. The summed E-state index contributed by atoms with van der Waals surface area (Å²) in [6.07, 6.45) is 2.32. The van der Waals surface area contributed by atoms with E-state index in [1.54, 1.807) is 6.07 Å². The Bertz CT molecular complexity index is 839. The van der Waals surface area contributed by atoms with Crippen LogP contribution in [0.5, 0.6) is 11.9 Å². The molecule has 0 bridgehead atoms. The van der Waals surface area contributed by atoms with Crippen molar-refractivity contribution in [2.24, 2.45) is 0 Å². The minimum absolute atomic E-state index is 0.174. The van der Waals surface area contributed by atoms with Crippen LogP contribution in [0.1, 0.15) is 12.8 Å². The predicted octanol–water partition coefficient (Wildman–Crippen LogP) is 1.86. The minimum Gasteiger partial charge on any atom is -0.474 e. The number of benzene rings is 1. The molecule has 1 aliphatic heterocycles. The van der Waals surface area contributed by atoms with Gasteiger partial charge in [0.2, 0.25) is 15.9 Å². The summed E-state index contributed by atoms with van der Waals surface area (Å²) >= 11 is 0. The number of piperidine rings is 1. The Hall–Kier alpha value is -2.26. The zero-order chi connectivity index (χ0) is 17.9. The molecule has 0 unspecified atom stereocenters. The van der Waals surface area contributed by atoms with Crippen LogP contribution in [0, 0.1) is 5.82 Å². The van der Waals surface area contributed by atoms with E-state index in [0.717, 1.165) is 6.07 Å². The van der Waals surface area contributed by atoms with Crippen molar-refractivity contribution in [3.05, 3.63) is 42.3 Å². The number of aromatic nitrogens is 2. The van der Waals surface area contributed by atoms with Crippen LogP contribution >= 0.6 is 0 Å². The topological polar surface area (TPSA) is 81.6 Å². The van der Waals surface area contributed by atoms with E-state index >= 15 is 0 Å². The summed E-state index contributed by atoms with van der Waals surface area (Å²) < 4.78 is 50.9. The summed E-state index contributed by atoms with van der Waals surface area (Å²) in [5.41, 5.74) is 0. The van der Waals surface area contributed by atoms with Crippen LogP contribution in [-0.4, -0.2) is 49.0 Å². The van der Waals surface area contributed by atoms with Gasteiger partial charge in [-0.2, -0.15) is 9.29 Å². The van der Waals surface area contributed by atoms with Crippen LogP contribution in [0.15, 0.2) is 41.4 Å². The highest BCUT2D eigenvalue weighted by Gasteiger charge is 2.31. The van der Waals surface area contributed by atoms with E-state index in [2.05, 4.69) is 9.97 Å². The third kappa shape index (κ3) is 3.88. The van der Waals surface area contributed by atoms with Crippen LogP contribution in [-0.2, 0) is 10.0 Å². The van der Waals surface area contributed by atoms with Gasteiger partial charge < -0.3 is 9.47 Å². The predicted molar refractivity (Wildman–Crippen MR) is 87.4 cm³/mol. The third-order valence-electron chi connectivity index (χ3n) is 3.93. The monoisotopic (exact) mass is 367 g/mol. The van der Waals surface area contributed by atoms with Gasteiger partial charge in [-0.1, -0.05) is 12.1 Å². The Morgan fingerprint density at radius 3 is 2.60 bits per heavy atom. The lowest BCUT2D eigenvalue weighted by molar-refractivity contribution is 0.128. The largest absolute Gasteiger partial charge is 0.474 e. The third-order valence-corrected chi connectivity index (χ3v) is 5.87. The zero-order valence-electron chi connectivity index (χ0n) is 13.6. The molecule has 0 saturated carbocycles. The molecule has 0 radical (unpaired) electrons. The second-order valence-electron chi connectivity index (χ2n) is 5.53. The first-order valence-corrected chi connectivity index (χ1v) is 9.23. The molecule has 2 heterocycles. The molecular formula is C16H18FN3O4S. The maximum absolute atomic E-state index is 13.8. The quantitative estimate of drug-likeness (QED) is 0.802. The fourth-order valence-corrected chi connectivity index (χ4v) is 4.18. The van der Waals surface area contributed by atoms with E-state index in [1.165, 1.54) is 35.8 Å². The van der Waals surface area contributed by atoms with Crippen LogP contribution in [0.25, 0.3) is 0 Å². The Kier molecular flexibility index (Phi) is 5.14. The number of halogens is 1. The first-order valence-electron chi connectivity index (χ1n) is 7.79. The second kappa shape index (κ2) is 7.32. The number of sulfonamides is 1. The van der Waals surface area contributed by atoms with Crippen molar-refractivity contribution in [1.82, 2.24) is 14.3 Å². The van der Waals surface area contributed by atoms with Crippen molar-refractivity contribution in [3.8, 4) is 11.9 Å². The number of hydrogen-bond donors (Lipinski definition) is 0. The van der Waals surface area contributed by atoms with E-state index in [9.17, 15) is 12.8 Å². The zero-order valence-corrected chi connectivity index (χ0v) is 14.4. The molecule has 1 aliphatic rings. The van der Waals surface area contributed by atoms with E-state index in [4.69, 9.17) is 9.47 Å². The van der Waals surface area contributed by atoms with Crippen molar-refractivity contribution < 1.29 is 22.3 Å². The molecule has 134 valence electrons. The van der Waals surface area contributed by atoms with E-state index in [-0.39, 0.29) is 30.1 Å². The van der Waals surface area contributed by atoms with Crippen LogP contribution in [0.3, 0.4) is 0 Å². The van der Waals surface area contributed by atoms with Crippen molar-refractivity contribution in [1.29, 1.82) is 0 Å². The maximum Gasteiger partial charge on any atom is 0.319 e. The highest BCUT2D eigenvalue weighted by molar-refractivity contribution is 7.89. The van der Waals surface area contributed by atoms with Crippen molar-refractivity contribution in [2.45, 2.75) is 23.8 Å². The van der Waals surface area contributed by atoms with E-state index < -0.39 is 15.8 Å². The molecule has 7 nitrogen and oxygen atoms in total. The van der Waals surface area contributed by atoms with Gasteiger partial charge in [0.1, 0.15) is 16.8 Å². The minimum atomic E-state index is -3.84.